The maximum atomic E-state index is 15.2. The van der Waals surface area contributed by atoms with Gasteiger partial charge >= 0.3 is 0 Å². The van der Waals surface area contributed by atoms with Crippen LogP contribution in [0.2, 0.25) is 5.02 Å². The Bertz CT molecular complexity index is 2170. The molecule has 9 nitrogen and oxygen atoms in total. The number of nitrogens with zero attached hydrogens (tertiary/aromatic N) is 2. The van der Waals surface area contributed by atoms with Crippen LogP contribution in [0.25, 0.3) is 6.08 Å². The monoisotopic (exact) mass is 713 g/mol. The summed E-state index contributed by atoms with van der Waals surface area (Å²) in [5.74, 6) is -4.48. The molecule has 0 radical (unpaired) electrons. The summed E-state index contributed by atoms with van der Waals surface area (Å²) in [6.45, 7) is 1.96. The lowest BCUT2D eigenvalue weighted by atomic mass is 9.50. The predicted octanol–water partition coefficient (Wildman–Crippen LogP) is 7.10. The fourth-order valence-corrected chi connectivity index (χ4v) is 8.97. The normalized spacial score (nSPS) is 26.7. The van der Waals surface area contributed by atoms with Crippen LogP contribution in [0.1, 0.15) is 29.5 Å². The summed E-state index contributed by atoms with van der Waals surface area (Å²) in [5, 5.41) is 11.9. The van der Waals surface area contributed by atoms with Crippen molar-refractivity contribution in [2.75, 3.05) is 17.4 Å². The van der Waals surface area contributed by atoms with Crippen molar-refractivity contribution in [3.63, 3.8) is 0 Å². The van der Waals surface area contributed by atoms with Crippen LogP contribution >= 0.6 is 11.6 Å². The molecular weight excluding hydrogens is 678 g/mol. The minimum absolute atomic E-state index is 0.0109. The largest absolute Gasteiger partial charge is 0.504 e. The van der Waals surface area contributed by atoms with Crippen LogP contribution in [0.5, 0.6) is 11.5 Å². The number of aromatic hydroxyl groups is 1. The quantitative estimate of drug-likeness (QED) is 0.155. The van der Waals surface area contributed by atoms with Crippen LogP contribution < -0.4 is 15.1 Å². The first kappa shape index (κ1) is 33.5. The van der Waals surface area contributed by atoms with Crippen molar-refractivity contribution < 1.29 is 29.0 Å². The molecule has 4 aliphatic rings. The van der Waals surface area contributed by atoms with Crippen molar-refractivity contribution in [3.05, 3.63) is 137 Å². The third-order valence-corrected chi connectivity index (χ3v) is 11.5. The molecule has 4 amide bonds. The zero-order valence-corrected chi connectivity index (χ0v) is 29.3. The second-order valence-electron chi connectivity index (χ2n) is 13.9. The lowest BCUT2D eigenvalue weighted by Crippen LogP contribution is -2.54. The summed E-state index contributed by atoms with van der Waals surface area (Å²) in [6, 6.07) is 28.4. The number of benzene rings is 4. The fourth-order valence-electron chi connectivity index (χ4n) is 8.84. The summed E-state index contributed by atoms with van der Waals surface area (Å²) >= 11 is 6.14. The molecule has 2 N–H and O–H groups in total. The van der Waals surface area contributed by atoms with E-state index in [1.807, 2.05) is 79.7 Å². The molecule has 52 heavy (non-hydrogen) atoms. The van der Waals surface area contributed by atoms with E-state index in [0.717, 1.165) is 16.1 Å². The number of phenols is 1. The predicted molar refractivity (Wildman–Crippen MR) is 197 cm³/mol. The number of phenolic OH excluding ortho intramolecular Hbond substituents is 1. The first-order valence-corrected chi connectivity index (χ1v) is 17.7. The molecule has 262 valence electrons. The molecule has 4 aromatic rings. The third-order valence-electron chi connectivity index (χ3n) is 11.2. The van der Waals surface area contributed by atoms with E-state index in [1.54, 1.807) is 36.4 Å². The maximum Gasteiger partial charge on any atom is 0.260 e. The van der Waals surface area contributed by atoms with E-state index in [4.69, 9.17) is 16.3 Å². The Balaban J connectivity index is 1.29. The molecule has 0 spiro atoms. The Morgan fingerprint density at radius 3 is 2.33 bits per heavy atom. The van der Waals surface area contributed by atoms with Crippen molar-refractivity contribution in [3.8, 4) is 11.5 Å². The van der Waals surface area contributed by atoms with Gasteiger partial charge in [0.2, 0.25) is 11.8 Å². The van der Waals surface area contributed by atoms with E-state index < -0.39 is 46.8 Å². The van der Waals surface area contributed by atoms with Gasteiger partial charge in [0.25, 0.3) is 11.8 Å². The molecule has 1 saturated carbocycles. The molecule has 2 heterocycles. The minimum Gasteiger partial charge on any atom is -0.504 e. The van der Waals surface area contributed by atoms with Gasteiger partial charge in [0.05, 0.1) is 41.7 Å². The van der Waals surface area contributed by atoms with Crippen molar-refractivity contribution in [2.24, 2.45) is 29.6 Å². The van der Waals surface area contributed by atoms with Crippen LogP contribution in [0.3, 0.4) is 0 Å². The van der Waals surface area contributed by atoms with Crippen LogP contribution in [0.4, 0.5) is 11.4 Å². The molecule has 8 rings (SSSR count). The average molecular weight is 714 g/mol. The fraction of sp³-hybridized carbons (Fsp3) is 0.238. The molecule has 0 bridgehead atoms. The summed E-state index contributed by atoms with van der Waals surface area (Å²) in [7, 11) is 1.47. The number of halogens is 1. The van der Waals surface area contributed by atoms with Crippen molar-refractivity contribution in [2.45, 2.75) is 25.2 Å². The summed E-state index contributed by atoms with van der Waals surface area (Å²) in [5.41, 5.74) is 6.05. The number of carbonyl (C=O) groups excluding carboxylic acids is 4. The van der Waals surface area contributed by atoms with E-state index in [2.05, 4.69) is 5.43 Å². The second-order valence-corrected chi connectivity index (χ2v) is 14.4. The lowest BCUT2D eigenvalue weighted by Gasteiger charge is -2.49. The highest BCUT2D eigenvalue weighted by Crippen LogP contribution is 2.61. The number of hydrogen-bond donors (Lipinski definition) is 2. The van der Waals surface area contributed by atoms with Gasteiger partial charge in [0.1, 0.15) is 0 Å². The van der Waals surface area contributed by atoms with E-state index in [0.29, 0.717) is 33.9 Å². The van der Waals surface area contributed by atoms with Crippen LogP contribution in [0, 0.1) is 36.5 Å². The Kier molecular flexibility index (Phi) is 8.26. The Morgan fingerprint density at radius 2 is 1.62 bits per heavy atom. The molecule has 3 fully saturated rings. The number of fused-ring (bicyclic) bond motifs is 4. The number of imide groups is 2. The van der Waals surface area contributed by atoms with Gasteiger partial charge in [-0.2, -0.15) is 5.01 Å². The average Bonchev–Trinajstić information content (AvgIpc) is 3.54. The second kappa shape index (κ2) is 12.8. The molecule has 2 aliphatic carbocycles. The first-order valence-electron chi connectivity index (χ1n) is 17.3. The highest BCUT2D eigenvalue weighted by Gasteiger charge is 2.69. The standard InChI is InChI=1S/C42H36ClN3O6/c1-24-8-14-28(15-9-24)44-46-39(49)34-23-32-30(18-19-31-37(32)40(50)45(38(31)48)29-16-12-27(43)13-17-29)33(20-10-25-11-21-35(47)36(22-25)52-2)42(34,41(46)51)26-6-4-3-5-7-26/h3-18,20-22,31-34,37,44,47H,19,23H2,1-2H3/t31-,32+,33-,34-,37-,42-/m0/s1. The summed E-state index contributed by atoms with van der Waals surface area (Å²) in [4.78, 5) is 59.6. The first-order chi connectivity index (χ1) is 25.1. The van der Waals surface area contributed by atoms with Gasteiger partial charge in [-0.3, -0.25) is 29.5 Å². The topological polar surface area (TPSA) is 116 Å². The van der Waals surface area contributed by atoms with Gasteiger partial charge in [-0.15, -0.1) is 0 Å². The smallest absolute Gasteiger partial charge is 0.260 e. The van der Waals surface area contributed by atoms with Gasteiger partial charge in [0.15, 0.2) is 11.5 Å². The Labute approximate surface area is 306 Å². The maximum absolute atomic E-state index is 15.2. The Morgan fingerprint density at radius 1 is 0.885 bits per heavy atom. The van der Waals surface area contributed by atoms with E-state index in [1.165, 1.54) is 18.1 Å². The molecule has 2 aliphatic heterocycles. The van der Waals surface area contributed by atoms with Gasteiger partial charge in [0, 0.05) is 10.9 Å². The van der Waals surface area contributed by atoms with E-state index >= 15 is 4.79 Å². The number of allylic oxidation sites excluding steroid dienone is 3. The summed E-state index contributed by atoms with van der Waals surface area (Å²) < 4.78 is 5.36. The number of anilines is 2. The molecule has 4 aromatic carbocycles. The molecule has 10 heteroatoms. The number of rotatable bonds is 7. The zero-order chi connectivity index (χ0) is 36.3. The molecular formula is C42H36ClN3O6. The molecule has 0 aromatic heterocycles. The van der Waals surface area contributed by atoms with Gasteiger partial charge in [-0.1, -0.05) is 89.5 Å². The van der Waals surface area contributed by atoms with Gasteiger partial charge in [-0.05, 0) is 85.3 Å². The Hall–Kier alpha value is -5.67. The number of nitrogens with one attached hydrogen (secondary N) is 1. The van der Waals surface area contributed by atoms with Crippen molar-refractivity contribution in [1.82, 2.24) is 5.01 Å². The number of hydrazine groups is 1. The summed E-state index contributed by atoms with van der Waals surface area (Å²) in [6.07, 6.45) is 6.32. The van der Waals surface area contributed by atoms with Crippen LogP contribution in [-0.2, 0) is 24.6 Å². The lowest BCUT2D eigenvalue weighted by molar-refractivity contribution is -0.139. The highest BCUT2D eigenvalue weighted by atomic mass is 35.5. The number of methoxy groups -OCH3 is 1. The highest BCUT2D eigenvalue weighted by molar-refractivity contribution is 6.31. The molecule has 6 atom stereocenters. The number of hydrogen-bond acceptors (Lipinski definition) is 7. The number of aryl methyl sites for hydroxylation is 1. The van der Waals surface area contributed by atoms with Gasteiger partial charge in [-0.25, -0.2) is 0 Å². The van der Waals surface area contributed by atoms with E-state index in [9.17, 15) is 19.5 Å². The number of amides is 4. The van der Waals surface area contributed by atoms with Gasteiger partial charge < -0.3 is 9.84 Å². The van der Waals surface area contributed by atoms with Crippen LogP contribution in [-0.4, -0.2) is 40.9 Å². The van der Waals surface area contributed by atoms with Crippen molar-refractivity contribution in [1.29, 1.82) is 0 Å². The minimum atomic E-state index is -1.37. The molecule has 2 saturated heterocycles. The molecule has 0 unspecified atom stereocenters. The van der Waals surface area contributed by atoms with E-state index in [-0.39, 0.29) is 29.7 Å². The number of carbonyl (C=O) groups is 4. The van der Waals surface area contributed by atoms with Crippen LogP contribution in [0.15, 0.2) is 115 Å². The van der Waals surface area contributed by atoms with Crippen molar-refractivity contribution >= 4 is 52.7 Å². The SMILES string of the molecule is COc1cc(C=C[C@H]2C3=CC[C@@H]4C(=O)N(c5ccc(Cl)cc5)C(=O)[C@@H]4[C@@H]3C[C@H]3C(=O)N(Nc4ccc(C)cc4)C(=O)[C@@]23c2ccccc2)ccc1O. The number of ether oxygens (including phenoxy) is 1. The zero-order valence-electron chi connectivity index (χ0n) is 28.5. The third kappa shape index (κ3) is 5.13.